The van der Waals surface area contributed by atoms with Crippen molar-refractivity contribution in [1.29, 1.82) is 0 Å². The number of phenolic OH excluding ortho intramolecular Hbond substituents is 1. The van der Waals surface area contributed by atoms with Crippen LogP contribution in [0, 0.1) is 0 Å². The van der Waals surface area contributed by atoms with Gasteiger partial charge in [-0.05, 0) is 41.0 Å². The molecular weight excluding hydrogens is 270 g/mol. The summed E-state index contributed by atoms with van der Waals surface area (Å²) in [5.41, 5.74) is 20.8. The SMILES string of the molecule is Nc1cc(O)cc(-c2cc(N)cc(N)c2CC(O)CO)c1. The molecule has 6 heteroatoms. The molecule has 0 heterocycles. The molecule has 1 unspecified atom stereocenters. The van der Waals surface area contributed by atoms with E-state index in [1.54, 1.807) is 24.3 Å². The smallest absolute Gasteiger partial charge is 0.118 e. The van der Waals surface area contributed by atoms with Gasteiger partial charge in [0.1, 0.15) is 5.75 Å². The molecule has 0 aliphatic rings. The third-order valence-corrected chi connectivity index (χ3v) is 3.21. The first-order valence-corrected chi connectivity index (χ1v) is 6.47. The Kier molecular flexibility index (Phi) is 4.21. The molecule has 0 aliphatic carbocycles. The number of rotatable bonds is 4. The van der Waals surface area contributed by atoms with E-state index in [4.69, 9.17) is 22.3 Å². The van der Waals surface area contributed by atoms with Crippen LogP contribution in [0.3, 0.4) is 0 Å². The monoisotopic (exact) mass is 289 g/mol. The van der Waals surface area contributed by atoms with Gasteiger partial charge in [0.05, 0.1) is 12.7 Å². The van der Waals surface area contributed by atoms with Crippen molar-refractivity contribution in [3.8, 4) is 16.9 Å². The highest BCUT2D eigenvalue weighted by Gasteiger charge is 2.15. The van der Waals surface area contributed by atoms with Crippen LogP contribution in [0.5, 0.6) is 5.75 Å². The van der Waals surface area contributed by atoms with Gasteiger partial charge >= 0.3 is 0 Å². The number of aromatic hydroxyl groups is 1. The maximum atomic E-state index is 9.68. The predicted molar refractivity (Wildman–Crippen MR) is 83.6 cm³/mol. The summed E-state index contributed by atoms with van der Waals surface area (Å²) in [7, 11) is 0. The Bertz CT molecular complexity index is 639. The van der Waals surface area contributed by atoms with E-state index in [1.807, 2.05) is 0 Å². The van der Waals surface area contributed by atoms with E-state index in [0.717, 1.165) is 0 Å². The molecular formula is C15H19N3O3. The Morgan fingerprint density at radius 1 is 0.952 bits per heavy atom. The van der Waals surface area contributed by atoms with Crippen molar-refractivity contribution in [2.45, 2.75) is 12.5 Å². The van der Waals surface area contributed by atoms with Crippen molar-refractivity contribution in [1.82, 2.24) is 0 Å². The summed E-state index contributed by atoms with van der Waals surface area (Å²) in [6.07, 6.45) is -0.752. The number of aliphatic hydroxyl groups excluding tert-OH is 2. The molecule has 1 atom stereocenters. The summed E-state index contributed by atoms with van der Waals surface area (Å²) >= 11 is 0. The van der Waals surface area contributed by atoms with Crippen LogP contribution in [0.1, 0.15) is 5.56 Å². The third-order valence-electron chi connectivity index (χ3n) is 3.21. The zero-order chi connectivity index (χ0) is 15.6. The average molecular weight is 289 g/mol. The number of hydrogen-bond acceptors (Lipinski definition) is 6. The van der Waals surface area contributed by atoms with Gasteiger partial charge in [0.15, 0.2) is 0 Å². The van der Waals surface area contributed by atoms with Crippen molar-refractivity contribution in [3.63, 3.8) is 0 Å². The van der Waals surface area contributed by atoms with Gasteiger partial charge in [-0.2, -0.15) is 0 Å². The standard InChI is InChI=1S/C15H19N3O3/c16-9-1-8(2-11(20)3-9)13-4-10(17)5-15(18)14(13)6-12(21)7-19/h1-5,12,19-21H,6-7,16-18H2. The quantitative estimate of drug-likeness (QED) is 0.458. The van der Waals surface area contributed by atoms with Gasteiger partial charge < -0.3 is 32.5 Å². The summed E-state index contributed by atoms with van der Waals surface area (Å²) in [6.45, 7) is -0.370. The topological polar surface area (TPSA) is 139 Å². The van der Waals surface area contributed by atoms with Gasteiger partial charge in [0.25, 0.3) is 0 Å². The van der Waals surface area contributed by atoms with E-state index in [1.165, 1.54) is 6.07 Å². The molecule has 0 bridgehead atoms. The minimum Gasteiger partial charge on any atom is -0.508 e. The maximum Gasteiger partial charge on any atom is 0.118 e. The molecule has 0 spiro atoms. The van der Waals surface area contributed by atoms with Crippen molar-refractivity contribution in [3.05, 3.63) is 35.9 Å². The molecule has 21 heavy (non-hydrogen) atoms. The predicted octanol–water partition coefficient (Wildman–Crippen LogP) is 0.701. The maximum absolute atomic E-state index is 9.68. The van der Waals surface area contributed by atoms with E-state index in [-0.39, 0.29) is 18.8 Å². The minimum absolute atomic E-state index is 0.0275. The number of benzene rings is 2. The molecule has 0 aliphatic heterocycles. The summed E-state index contributed by atoms with van der Waals surface area (Å²) < 4.78 is 0. The third kappa shape index (κ3) is 3.36. The molecule has 0 amide bonds. The molecule has 9 N–H and O–H groups in total. The van der Waals surface area contributed by atoms with Gasteiger partial charge in [-0.25, -0.2) is 0 Å². The Labute approximate surface area is 122 Å². The Morgan fingerprint density at radius 3 is 2.24 bits per heavy atom. The van der Waals surface area contributed by atoms with Crippen LogP contribution >= 0.6 is 0 Å². The van der Waals surface area contributed by atoms with Crippen LogP contribution in [0.15, 0.2) is 30.3 Å². The largest absolute Gasteiger partial charge is 0.508 e. The number of hydrogen-bond donors (Lipinski definition) is 6. The van der Waals surface area contributed by atoms with E-state index < -0.39 is 6.10 Å². The fourth-order valence-corrected chi connectivity index (χ4v) is 2.29. The van der Waals surface area contributed by atoms with Crippen molar-refractivity contribution in [2.24, 2.45) is 0 Å². The van der Waals surface area contributed by atoms with Crippen LogP contribution < -0.4 is 17.2 Å². The summed E-state index contributed by atoms with van der Waals surface area (Å²) in [6, 6.07) is 7.95. The molecule has 0 fully saturated rings. The second kappa shape index (κ2) is 5.90. The van der Waals surface area contributed by atoms with Crippen LogP contribution in [-0.4, -0.2) is 28.0 Å². The molecule has 0 aromatic heterocycles. The van der Waals surface area contributed by atoms with Crippen LogP contribution in [0.4, 0.5) is 17.1 Å². The minimum atomic E-state index is -0.927. The molecule has 0 saturated carbocycles. The van der Waals surface area contributed by atoms with Crippen molar-refractivity contribution >= 4 is 17.1 Å². The fraction of sp³-hybridized carbons (Fsp3) is 0.200. The van der Waals surface area contributed by atoms with Crippen molar-refractivity contribution in [2.75, 3.05) is 23.8 Å². The van der Waals surface area contributed by atoms with Crippen molar-refractivity contribution < 1.29 is 15.3 Å². The number of phenols is 1. The highest BCUT2D eigenvalue weighted by molar-refractivity contribution is 5.80. The Balaban J connectivity index is 2.60. The summed E-state index contributed by atoms with van der Waals surface area (Å²) in [5, 5.41) is 28.4. The fourth-order valence-electron chi connectivity index (χ4n) is 2.29. The summed E-state index contributed by atoms with van der Waals surface area (Å²) in [4.78, 5) is 0. The van der Waals surface area contributed by atoms with E-state index in [2.05, 4.69) is 0 Å². The molecule has 2 rings (SSSR count). The molecule has 112 valence electrons. The van der Waals surface area contributed by atoms with Gasteiger partial charge in [-0.15, -0.1) is 0 Å². The highest BCUT2D eigenvalue weighted by Crippen LogP contribution is 2.34. The van der Waals surface area contributed by atoms with Crippen LogP contribution in [0.25, 0.3) is 11.1 Å². The van der Waals surface area contributed by atoms with Crippen LogP contribution in [0.2, 0.25) is 0 Å². The van der Waals surface area contributed by atoms with Gasteiger partial charge in [-0.3, -0.25) is 0 Å². The molecule has 6 nitrogen and oxygen atoms in total. The lowest BCUT2D eigenvalue weighted by molar-refractivity contribution is 0.0957. The van der Waals surface area contributed by atoms with Gasteiger partial charge in [0, 0.05) is 29.5 Å². The second-order valence-electron chi connectivity index (χ2n) is 4.99. The van der Waals surface area contributed by atoms with Gasteiger partial charge in [-0.1, -0.05) is 0 Å². The molecule has 2 aromatic rings. The van der Waals surface area contributed by atoms with E-state index in [9.17, 15) is 10.2 Å². The lowest BCUT2D eigenvalue weighted by Crippen LogP contribution is -2.17. The number of aliphatic hydroxyl groups is 2. The first-order valence-electron chi connectivity index (χ1n) is 6.47. The molecule has 2 aromatic carbocycles. The summed E-state index contributed by atoms with van der Waals surface area (Å²) in [5.74, 6) is 0.0275. The first kappa shape index (κ1) is 15.0. The highest BCUT2D eigenvalue weighted by atomic mass is 16.3. The second-order valence-corrected chi connectivity index (χ2v) is 4.99. The Morgan fingerprint density at radius 2 is 1.62 bits per heavy atom. The van der Waals surface area contributed by atoms with E-state index in [0.29, 0.717) is 33.8 Å². The first-order chi connectivity index (χ1) is 9.90. The van der Waals surface area contributed by atoms with E-state index >= 15 is 0 Å². The number of anilines is 3. The average Bonchev–Trinajstić information content (AvgIpc) is 2.40. The number of nitrogens with two attached hydrogens (primary N) is 3. The van der Waals surface area contributed by atoms with Crippen LogP contribution in [-0.2, 0) is 6.42 Å². The lowest BCUT2D eigenvalue weighted by Gasteiger charge is -2.17. The molecule has 0 radical (unpaired) electrons. The molecule has 0 saturated heterocycles. The zero-order valence-corrected chi connectivity index (χ0v) is 11.5. The zero-order valence-electron chi connectivity index (χ0n) is 11.5. The number of nitrogen functional groups attached to an aromatic ring is 3. The lowest BCUT2D eigenvalue weighted by atomic mass is 9.93. The van der Waals surface area contributed by atoms with Gasteiger partial charge in [0.2, 0.25) is 0 Å². The normalized spacial score (nSPS) is 12.3. The Hall–Kier alpha value is -2.44.